The molecule has 0 heterocycles. The first-order chi connectivity index (χ1) is 5.13. The van der Waals surface area contributed by atoms with Crippen molar-refractivity contribution >= 4 is 14.4 Å². The quantitative estimate of drug-likeness (QED) is 0.646. The van der Waals surface area contributed by atoms with E-state index in [-0.39, 0.29) is 8.46 Å². The predicted molar refractivity (Wildman–Crippen MR) is 44.7 cm³/mol. The molecule has 2 N–H and O–H groups in total. The van der Waals surface area contributed by atoms with Crippen molar-refractivity contribution in [3.8, 4) is 0 Å². The number of hydrogen-bond donors (Lipinski definition) is 1. The van der Waals surface area contributed by atoms with E-state index in [0.717, 1.165) is 6.42 Å². The Labute approximate surface area is 68.6 Å². The number of rotatable bonds is 5. The Morgan fingerprint density at radius 3 is 2.18 bits per heavy atom. The lowest BCUT2D eigenvalue weighted by atomic mass is 9.99. The lowest BCUT2D eigenvalue weighted by Gasteiger charge is -2.19. The van der Waals surface area contributed by atoms with E-state index >= 15 is 0 Å². The Morgan fingerprint density at radius 2 is 2.09 bits per heavy atom. The van der Waals surface area contributed by atoms with Crippen molar-refractivity contribution in [2.75, 3.05) is 0 Å². The average molecular weight is 175 g/mol. The highest BCUT2D eigenvalue weighted by Gasteiger charge is 2.34. The van der Waals surface area contributed by atoms with Crippen LogP contribution in [0.3, 0.4) is 0 Å². The molecule has 1 atom stereocenters. The van der Waals surface area contributed by atoms with Crippen LogP contribution in [0.1, 0.15) is 33.1 Å². The Morgan fingerprint density at radius 1 is 1.55 bits per heavy atom. The molecule has 0 aliphatic rings. The molecule has 0 saturated heterocycles. The van der Waals surface area contributed by atoms with Gasteiger partial charge in [0.1, 0.15) is 5.16 Å². The zero-order chi connectivity index (χ0) is 8.91. The van der Waals surface area contributed by atoms with Crippen LogP contribution in [0.25, 0.3) is 0 Å². The molecule has 0 aliphatic heterocycles. The molecule has 0 radical (unpaired) electrons. The molecule has 64 valence electrons. The molecule has 1 amide bonds. The van der Waals surface area contributed by atoms with Crippen LogP contribution in [0.2, 0.25) is 0 Å². The van der Waals surface area contributed by atoms with Crippen molar-refractivity contribution < 1.29 is 9.36 Å². The van der Waals surface area contributed by atoms with Gasteiger partial charge in [-0.15, -0.1) is 0 Å². The maximum atomic E-state index is 10.9. The molecular weight excluding hydrogens is 161 g/mol. The Balaban J connectivity index is 4.45. The van der Waals surface area contributed by atoms with E-state index in [1.807, 2.05) is 13.8 Å². The summed E-state index contributed by atoms with van der Waals surface area (Å²) < 4.78 is 10.7. The number of carbonyl (C=O) groups excluding carboxylic acids is 1. The monoisotopic (exact) mass is 175 g/mol. The van der Waals surface area contributed by atoms with Gasteiger partial charge >= 0.3 is 0 Å². The van der Waals surface area contributed by atoms with Crippen LogP contribution in [-0.4, -0.2) is 11.1 Å². The fourth-order valence-electron chi connectivity index (χ4n) is 1.04. The first kappa shape index (κ1) is 10.6. The topological polar surface area (TPSA) is 60.2 Å². The van der Waals surface area contributed by atoms with Gasteiger partial charge in [-0.3, -0.25) is 9.36 Å². The van der Waals surface area contributed by atoms with E-state index in [0.29, 0.717) is 12.8 Å². The van der Waals surface area contributed by atoms with Crippen molar-refractivity contribution in [3.05, 3.63) is 0 Å². The molecule has 0 aliphatic carbocycles. The lowest BCUT2D eigenvalue weighted by Crippen LogP contribution is -2.37. The van der Waals surface area contributed by atoms with Crippen LogP contribution in [-0.2, 0) is 9.36 Å². The van der Waals surface area contributed by atoms with Gasteiger partial charge in [-0.1, -0.05) is 20.3 Å². The highest BCUT2D eigenvalue weighted by molar-refractivity contribution is 7.27. The van der Waals surface area contributed by atoms with E-state index < -0.39 is 11.1 Å². The number of amides is 1. The Kier molecular flexibility index (Phi) is 4.27. The summed E-state index contributed by atoms with van der Waals surface area (Å²) in [6, 6.07) is 0. The highest BCUT2D eigenvalue weighted by Crippen LogP contribution is 2.31. The molecule has 4 heteroatoms. The van der Waals surface area contributed by atoms with E-state index in [2.05, 4.69) is 0 Å². The molecule has 11 heavy (non-hydrogen) atoms. The third kappa shape index (κ3) is 2.26. The summed E-state index contributed by atoms with van der Waals surface area (Å²) >= 11 is 0. The molecule has 0 spiro atoms. The molecule has 0 aromatic heterocycles. The molecule has 1 unspecified atom stereocenters. The van der Waals surface area contributed by atoms with E-state index in [9.17, 15) is 9.36 Å². The van der Waals surface area contributed by atoms with Crippen LogP contribution in [0.15, 0.2) is 0 Å². The molecule has 0 rings (SSSR count). The summed E-state index contributed by atoms with van der Waals surface area (Å²) in [4.78, 5) is 10.9. The maximum Gasteiger partial charge on any atom is 0.235 e. The minimum atomic E-state index is -0.811. The van der Waals surface area contributed by atoms with E-state index in [1.165, 1.54) is 0 Å². The van der Waals surface area contributed by atoms with Gasteiger partial charge in [-0.2, -0.15) is 0 Å². The molecule has 0 fully saturated rings. The molecule has 0 aromatic carbocycles. The third-order valence-electron chi connectivity index (χ3n) is 1.88. The average Bonchev–Trinajstić information content (AvgIpc) is 2.00. The van der Waals surface area contributed by atoms with Crippen LogP contribution in [0.4, 0.5) is 0 Å². The second kappa shape index (κ2) is 4.45. The number of carbonyl (C=O) groups is 1. The van der Waals surface area contributed by atoms with Gasteiger partial charge in [0.25, 0.3) is 0 Å². The summed E-state index contributed by atoms with van der Waals surface area (Å²) in [5.74, 6) is -0.460. The predicted octanol–water partition coefficient (Wildman–Crippen LogP) is 1.71. The van der Waals surface area contributed by atoms with Crippen LogP contribution >= 0.6 is 8.46 Å². The zero-order valence-corrected chi connectivity index (χ0v) is 7.86. The van der Waals surface area contributed by atoms with Crippen molar-refractivity contribution in [2.24, 2.45) is 5.73 Å². The molecule has 0 bridgehead atoms. The Hall–Kier alpha value is -0.430. The van der Waals surface area contributed by atoms with Gasteiger partial charge in [-0.05, 0) is 12.8 Å². The highest BCUT2D eigenvalue weighted by atomic mass is 31.1. The van der Waals surface area contributed by atoms with E-state index in [1.54, 1.807) is 0 Å². The van der Waals surface area contributed by atoms with Crippen molar-refractivity contribution in [3.63, 3.8) is 0 Å². The Bertz CT molecular complexity index is 161. The third-order valence-corrected chi connectivity index (χ3v) is 2.99. The second-order valence-corrected chi connectivity index (χ2v) is 3.63. The minimum Gasteiger partial charge on any atom is -0.369 e. The largest absolute Gasteiger partial charge is 0.369 e. The van der Waals surface area contributed by atoms with Gasteiger partial charge in [0.2, 0.25) is 5.91 Å². The van der Waals surface area contributed by atoms with Gasteiger partial charge in [0.15, 0.2) is 8.46 Å². The van der Waals surface area contributed by atoms with Crippen LogP contribution < -0.4 is 5.73 Å². The fraction of sp³-hybridized carbons (Fsp3) is 0.857. The van der Waals surface area contributed by atoms with Gasteiger partial charge in [0.05, 0.1) is 0 Å². The maximum absolute atomic E-state index is 10.9. The van der Waals surface area contributed by atoms with Gasteiger partial charge < -0.3 is 5.73 Å². The first-order valence-electron chi connectivity index (χ1n) is 3.77. The summed E-state index contributed by atoms with van der Waals surface area (Å²) in [5.41, 5.74) is 5.13. The molecular formula is C7H14NO2P. The SMILES string of the molecule is CCCC(CC)(P=O)C(N)=O. The smallest absolute Gasteiger partial charge is 0.235 e. The van der Waals surface area contributed by atoms with Crippen LogP contribution in [0.5, 0.6) is 0 Å². The van der Waals surface area contributed by atoms with Gasteiger partial charge in [0, 0.05) is 0 Å². The second-order valence-electron chi connectivity index (χ2n) is 2.59. The minimum absolute atomic E-state index is 0.146. The van der Waals surface area contributed by atoms with Crippen molar-refractivity contribution in [1.29, 1.82) is 0 Å². The zero-order valence-electron chi connectivity index (χ0n) is 6.96. The van der Waals surface area contributed by atoms with E-state index in [4.69, 9.17) is 5.73 Å². The van der Waals surface area contributed by atoms with Crippen molar-refractivity contribution in [2.45, 2.75) is 38.3 Å². The summed E-state index contributed by atoms with van der Waals surface area (Å²) in [5, 5.41) is -0.811. The van der Waals surface area contributed by atoms with Gasteiger partial charge in [-0.25, -0.2) is 0 Å². The normalized spacial score (nSPS) is 16.2. The molecule has 0 saturated carbocycles. The standard InChI is InChI=1S/C7H14NO2P/c1-3-5-7(4-2,11-10)6(8)9/h3-5H2,1-2H3,(H2,8,9). The summed E-state index contributed by atoms with van der Waals surface area (Å²) in [7, 11) is -0.146. The fourth-order valence-corrected chi connectivity index (χ4v) is 1.58. The number of primary amides is 1. The molecule has 0 aromatic rings. The first-order valence-corrected chi connectivity index (χ1v) is 4.58. The lowest BCUT2D eigenvalue weighted by molar-refractivity contribution is -0.120. The van der Waals surface area contributed by atoms with Crippen molar-refractivity contribution in [1.82, 2.24) is 0 Å². The number of hydrogen-bond acceptors (Lipinski definition) is 2. The van der Waals surface area contributed by atoms with Crippen LogP contribution in [0, 0.1) is 0 Å². The summed E-state index contributed by atoms with van der Waals surface area (Å²) in [6.07, 6.45) is 1.97. The number of nitrogens with two attached hydrogens (primary N) is 1. The summed E-state index contributed by atoms with van der Waals surface area (Å²) in [6.45, 7) is 3.77. The molecule has 3 nitrogen and oxygen atoms in total.